The number of para-hydroxylation sites is 1. The monoisotopic (exact) mass is 354 g/mol. The summed E-state index contributed by atoms with van der Waals surface area (Å²) < 4.78 is 0. The van der Waals surface area contributed by atoms with Crippen molar-refractivity contribution >= 4 is 29.8 Å². The molecule has 1 amide bonds. The molecular formula is C19H31ClN2O2. The lowest BCUT2D eigenvalue weighted by molar-refractivity contribution is -0.132. The SMILES string of the molecule is CCC(CCCN(C)C)C(C(C)=O)C(=O)Nc1ccccc1C.Cl. The van der Waals surface area contributed by atoms with E-state index in [9.17, 15) is 9.59 Å². The number of aryl methyl sites for hydroxylation is 1. The summed E-state index contributed by atoms with van der Waals surface area (Å²) in [6.07, 6.45) is 2.71. The molecule has 0 aliphatic carbocycles. The van der Waals surface area contributed by atoms with Gasteiger partial charge in [-0.2, -0.15) is 0 Å². The van der Waals surface area contributed by atoms with Crippen molar-refractivity contribution in [2.45, 2.75) is 40.0 Å². The lowest BCUT2D eigenvalue weighted by Gasteiger charge is -2.24. The molecule has 0 aliphatic rings. The van der Waals surface area contributed by atoms with Crippen LogP contribution in [0.2, 0.25) is 0 Å². The van der Waals surface area contributed by atoms with Crippen LogP contribution in [0.15, 0.2) is 24.3 Å². The summed E-state index contributed by atoms with van der Waals surface area (Å²) in [6, 6.07) is 7.65. The second-order valence-electron chi connectivity index (χ2n) is 6.51. The van der Waals surface area contributed by atoms with E-state index in [0.29, 0.717) is 0 Å². The first kappa shape index (κ1) is 22.6. The van der Waals surface area contributed by atoms with E-state index in [4.69, 9.17) is 0 Å². The van der Waals surface area contributed by atoms with Gasteiger partial charge in [0, 0.05) is 5.69 Å². The van der Waals surface area contributed by atoms with E-state index < -0.39 is 5.92 Å². The maximum absolute atomic E-state index is 12.7. The van der Waals surface area contributed by atoms with Crippen molar-refractivity contribution < 1.29 is 9.59 Å². The molecule has 0 saturated heterocycles. The molecule has 1 aromatic carbocycles. The van der Waals surface area contributed by atoms with Crippen LogP contribution in [0.3, 0.4) is 0 Å². The average molecular weight is 355 g/mol. The first-order valence-electron chi connectivity index (χ1n) is 8.38. The molecule has 0 radical (unpaired) electrons. The molecule has 1 N–H and O–H groups in total. The van der Waals surface area contributed by atoms with Crippen molar-refractivity contribution in [2.24, 2.45) is 11.8 Å². The van der Waals surface area contributed by atoms with E-state index >= 15 is 0 Å². The Hall–Kier alpha value is -1.39. The molecule has 1 rings (SSSR count). The third kappa shape index (κ3) is 7.02. The molecule has 4 nitrogen and oxygen atoms in total. The first-order chi connectivity index (χ1) is 10.9. The van der Waals surface area contributed by atoms with Crippen LogP contribution in [0.5, 0.6) is 0 Å². The topological polar surface area (TPSA) is 49.4 Å². The number of anilines is 1. The number of hydrogen-bond acceptors (Lipinski definition) is 3. The minimum absolute atomic E-state index is 0. The molecular weight excluding hydrogens is 324 g/mol. The van der Waals surface area contributed by atoms with Gasteiger partial charge in [-0.15, -0.1) is 12.4 Å². The summed E-state index contributed by atoms with van der Waals surface area (Å²) in [4.78, 5) is 26.9. The zero-order chi connectivity index (χ0) is 17.4. The number of carbonyl (C=O) groups excluding carboxylic acids is 2. The van der Waals surface area contributed by atoms with E-state index in [1.54, 1.807) is 0 Å². The lowest BCUT2D eigenvalue weighted by Crippen LogP contribution is -2.35. The first-order valence-corrected chi connectivity index (χ1v) is 8.38. The van der Waals surface area contributed by atoms with Gasteiger partial charge >= 0.3 is 0 Å². The maximum atomic E-state index is 12.7. The zero-order valence-corrected chi connectivity index (χ0v) is 16.3. The minimum atomic E-state index is -0.568. The Morgan fingerprint density at radius 2 is 1.83 bits per heavy atom. The molecule has 0 heterocycles. The van der Waals surface area contributed by atoms with Gasteiger partial charge in [-0.05, 0) is 64.9 Å². The summed E-state index contributed by atoms with van der Waals surface area (Å²) in [5, 5.41) is 2.94. The average Bonchev–Trinajstić information content (AvgIpc) is 2.47. The molecule has 0 saturated carbocycles. The van der Waals surface area contributed by atoms with Gasteiger partial charge in [-0.25, -0.2) is 0 Å². The third-order valence-corrected chi connectivity index (χ3v) is 4.30. The molecule has 24 heavy (non-hydrogen) atoms. The number of hydrogen-bond donors (Lipinski definition) is 1. The molecule has 0 aliphatic heterocycles. The molecule has 2 atom stereocenters. The Morgan fingerprint density at radius 1 is 1.21 bits per heavy atom. The zero-order valence-electron chi connectivity index (χ0n) is 15.5. The molecule has 5 heteroatoms. The van der Waals surface area contributed by atoms with Gasteiger partial charge in [0.05, 0.1) is 5.92 Å². The highest BCUT2D eigenvalue weighted by molar-refractivity contribution is 6.06. The van der Waals surface area contributed by atoms with Crippen molar-refractivity contribution in [3.05, 3.63) is 29.8 Å². The fourth-order valence-electron chi connectivity index (χ4n) is 2.93. The Kier molecular flexibility index (Phi) is 10.6. The van der Waals surface area contributed by atoms with Crippen LogP contribution >= 0.6 is 12.4 Å². The summed E-state index contributed by atoms with van der Waals surface area (Å²) in [5.41, 5.74) is 1.79. The van der Waals surface area contributed by atoms with Crippen LogP contribution < -0.4 is 5.32 Å². The molecule has 0 fully saturated rings. The second-order valence-corrected chi connectivity index (χ2v) is 6.51. The number of carbonyl (C=O) groups is 2. The van der Waals surface area contributed by atoms with Crippen LogP contribution in [-0.4, -0.2) is 37.2 Å². The number of amides is 1. The maximum Gasteiger partial charge on any atom is 0.235 e. The number of ketones is 1. The van der Waals surface area contributed by atoms with Gasteiger partial charge in [0.2, 0.25) is 5.91 Å². The fraction of sp³-hybridized carbons (Fsp3) is 0.579. The van der Waals surface area contributed by atoms with Gasteiger partial charge in [0.15, 0.2) is 0 Å². The number of nitrogens with zero attached hydrogens (tertiary/aromatic N) is 1. The summed E-state index contributed by atoms with van der Waals surface area (Å²) in [5.74, 6) is -0.700. The Balaban J connectivity index is 0.00000529. The Labute approximate surface area is 152 Å². The van der Waals surface area contributed by atoms with Crippen LogP contribution in [-0.2, 0) is 9.59 Å². The van der Waals surface area contributed by atoms with Crippen molar-refractivity contribution in [3.8, 4) is 0 Å². The Bertz CT molecular complexity index is 532. The van der Waals surface area contributed by atoms with Gasteiger partial charge in [0.1, 0.15) is 5.78 Å². The number of Topliss-reactive ketones (excluding diaryl/α,β-unsaturated/α-hetero) is 1. The molecule has 1 aromatic rings. The smallest absolute Gasteiger partial charge is 0.235 e. The lowest BCUT2D eigenvalue weighted by atomic mass is 9.83. The van der Waals surface area contributed by atoms with Crippen LogP contribution in [0.1, 0.15) is 38.7 Å². The second kappa shape index (κ2) is 11.2. The minimum Gasteiger partial charge on any atom is -0.325 e. The number of nitrogens with one attached hydrogen (secondary N) is 1. The van der Waals surface area contributed by atoms with Crippen molar-refractivity contribution in [3.63, 3.8) is 0 Å². The predicted molar refractivity (Wildman–Crippen MR) is 103 cm³/mol. The van der Waals surface area contributed by atoms with Crippen LogP contribution in [0.4, 0.5) is 5.69 Å². The van der Waals surface area contributed by atoms with E-state index in [-0.39, 0.29) is 30.0 Å². The largest absolute Gasteiger partial charge is 0.325 e. The highest BCUT2D eigenvalue weighted by Crippen LogP contribution is 2.25. The highest BCUT2D eigenvalue weighted by Gasteiger charge is 2.31. The van der Waals surface area contributed by atoms with Gasteiger partial charge in [0.25, 0.3) is 0 Å². The van der Waals surface area contributed by atoms with Crippen molar-refractivity contribution in [1.82, 2.24) is 4.90 Å². The fourth-order valence-corrected chi connectivity index (χ4v) is 2.93. The quantitative estimate of drug-likeness (QED) is 0.683. The number of rotatable bonds is 9. The molecule has 136 valence electrons. The van der Waals surface area contributed by atoms with E-state index in [1.165, 1.54) is 6.92 Å². The molecule has 0 spiro atoms. The molecule has 2 unspecified atom stereocenters. The van der Waals surface area contributed by atoms with Gasteiger partial charge < -0.3 is 10.2 Å². The van der Waals surface area contributed by atoms with Gasteiger partial charge in [-0.1, -0.05) is 31.5 Å². The van der Waals surface area contributed by atoms with Crippen LogP contribution in [0.25, 0.3) is 0 Å². The summed E-state index contributed by atoms with van der Waals surface area (Å²) in [7, 11) is 4.07. The van der Waals surface area contributed by atoms with Crippen molar-refractivity contribution in [1.29, 1.82) is 0 Å². The third-order valence-electron chi connectivity index (χ3n) is 4.30. The predicted octanol–water partition coefficient (Wildman–Crippen LogP) is 3.93. The van der Waals surface area contributed by atoms with Crippen LogP contribution in [0, 0.1) is 18.8 Å². The highest BCUT2D eigenvalue weighted by atomic mass is 35.5. The number of benzene rings is 1. The van der Waals surface area contributed by atoms with Crippen molar-refractivity contribution in [2.75, 3.05) is 26.0 Å². The molecule has 0 aromatic heterocycles. The summed E-state index contributed by atoms with van der Waals surface area (Å²) >= 11 is 0. The molecule has 0 bridgehead atoms. The number of halogens is 1. The normalized spacial score (nSPS) is 13.1. The van der Waals surface area contributed by atoms with Gasteiger partial charge in [-0.3, -0.25) is 9.59 Å². The van der Waals surface area contributed by atoms with E-state index in [1.807, 2.05) is 45.3 Å². The Morgan fingerprint density at radius 3 is 2.33 bits per heavy atom. The standard InChI is InChI=1S/C19H30N2O2.ClH/c1-6-16(11-9-13-21(4)5)18(15(3)22)19(23)20-17-12-8-7-10-14(17)2;/h7-8,10,12,16,18H,6,9,11,13H2,1-5H3,(H,20,23);1H. The summed E-state index contributed by atoms with van der Waals surface area (Å²) in [6.45, 7) is 6.50. The van der Waals surface area contributed by atoms with E-state index in [0.717, 1.165) is 37.1 Å². The van der Waals surface area contributed by atoms with E-state index in [2.05, 4.69) is 17.1 Å².